The van der Waals surface area contributed by atoms with Gasteiger partial charge in [-0.25, -0.2) is 0 Å². The van der Waals surface area contributed by atoms with Crippen LogP contribution in [-0.2, 0) is 0 Å². The molecule has 3 aromatic carbocycles. The molecule has 0 N–H and O–H groups in total. The number of hydrogen-bond acceptors (Lipinski definition) is 0. The van der Waals surface area contributed by atoms with Gasteiger partial charge in [0.2, 0.25) is 0 Å². The summed E-state index contributed by atoms with van der Waals surface area (Å²) in [5.74, 6) is 0. The summed E-state index contributed by atoms with van der Waals surface area (Å²) in [6.45, 7) is 6.72. The van der Waals surface area contributed by atoms with E-state index in [1.807, 2.05) is 0 Å². The first kappa shape index (κ1) is 15.1. The zero-order chi connectivity index (χ0) is 15.5. The van der Waals surface area contributed by atoms with Gasteiger partial charge in [-0.1, -0.05) is 0 Å². The van der Waals surface area contributed by atoms with Crippen molar-refractivity contribution in [1.29, 1.82) is 0 Å². The Morgan fingerprint density at radius 3 is 1.00 bits per heavy atom. The predicted molar refractivity (Wildman–Crippen MR) is 98.2 cm³/mol. The van der Waals surface area contributed by atoms with E-state index in [-0.39, 0.29) is 0 Å². The molecule has 0 aliphatic rings. The molecular weight excluding hydrogens is 331 g/mol. The average Bonchev–Trinajstić information content (AvgIpc) is 2.53. The number of aryl methyl sites for hydroxylation is 3. The summed E-state index contributed by atoms with van der Waals surface area (Å²) in [4.78, 5) is 0. The summed E-state index contributed by atoms with van der Waals surface area (Å²) in [6.07, 6.45) is 0. The topological polar surface area (TPSA) is 0 Å². The van der Waals surface area contributed by atoms with Crippen molar-refractivity contribution in [3.8, 4) is 0 Å². The molecule has 1 radical (unpaired) electrons. The summed E-state index contributed by atoms with van der Waals surface area (Å²) < 4.78 is 4.56. The third-order valence-corrected chi connectivity index (χ3v) is 9.59. The normalized spacial score (nSPS) is 10.9. The van der Waals surface area contributed by atoms with Gasteiger partial charge in [-0.15, -0.1) is 0 Å². The Hall–Kier alpha value is -1.82. The van der Waals surface area contributed by atoms with Crippen LogP contribution >= 0.6 is 0 Å². The Morgan fingerprint density at radius 1 is 0.455 bits per heavy atom. The molecule has 0 fully saturated rings. The second-order valence-corrected chi connectivity index (χ2v) is 9.66. The van der Waals surface area contributed by atoms with E-state index >= 15 is 0 Å². The first-order chi connectivity index (χ1) is 10.7. The van der Waals surface area contributed by atoms with Crippen LogP contribution in [0.15, 0.2) is 72.8 Å². The molecule has 1 heteroatoms. The van der Waals surface area contributed by atoms with E-state index in [4.69, 9.17) is 0 Å². The number of rotatable bonds is 3. The summed E-state index contributed by atoms with van der Waals surface area (Å²) in [5.41, 5.74) is 4.21. The van der Waals surface area contributed by atoms with Crippen LogP contribution in [0.25, 0.3) is 0 Å². The van der Waals surface area contributed by atoms with Gasteiger partial charge in [-0.3, -0.25) is 0 Å². The minimum atomic E-state index is -1.25. The van der Waals surface area contributed by atoms with Gasteiger partial charge in [0.1, 0.15) is 0 Å². The van der Waals surface area contributed by atoms with Crippen LogP contribution in [0.2, 0.25) is 0 Å². The summed E-state index contributed by atoms with van der Waals surface area (Å²) in [6, 6.07) is 26.6. The van der Waals surface area contributed by atoms with Crippen LogP contribution in [-0.4, -0.2) is 13.9 Å². The van der Waals surface area contributed by atoms with E-state index in [1.54, 1.807) is 0 Å². The predicted octanol–water partition coefficient (Wildman–Crippen LogP) is 3.13. The first-order valence-corrected chi connectivity index (χ1v) is 10.2. The van der Waals surface area contributed by atoms with Crippen molar-refractivity contribution in [1.82, 2.24) is 0 Å². The molecule has 0 aliphatic carbocycles. The van der Waals surface area contributed by atoms with E-state index < -0.39 is 13.9 Å². The van der Waals surface area contributed by atoms with E-state index in [0.717, 1.165) is 0 Å². The van der Waals surface area contributed by atoms with Crippen molar-refractivity contribution in [2.45, 2.75) is 20.8 Å². The zero-order valence-electron chi connectivity index (χ0n) is 13.3. The van der Waals surface area contributed by atoms with Gasteiger partial charge >= 0.3 is 138 Å². The molecule has 22 heavy (non-hydrogen) atoms. The number of hydrogen-bond donors (Lipinski definition) is 0. The third-order valence-electron chi connectivity index (χ3n) is 3.94. The van der Waals surface area contributed by atoms with Gasteiger partial charge in [0.05, 0.1) is 0 Å². The second-order valence-electron chi connectivity index (χ2n) is 5.60. The van der Waals surface area contributed by atoms with Crippen molar-refractivity contribution in [2.75, 3.05) is 0 Å². The van der Waals surface area contributed by atoms with Crippen molar-refractivity contribution >= 4 is 27.3 Å². The fourth-order valence-corrected chi connectivity index (χ4v) is 8.01. The Balaban J connectivity index is 2.27. The minimum absolute atomic E-state index is 1.25. The molecule has 0 aliphatic heterocycles. The standard InChI is InChI=1S/C21H21Se/c1-16-10-4-7-13-19(16)22(20-14-8-5-11-17(20)2)21-15-9-6-12-18(21)3/h4-15H,1-3H3. The maximum absolute atomic E-state index is 2.32. The maximum atomic E-state index is 2.32. The van der Waals surface area contributed by atoms with Crippen LogP contribution < -0.4 is 13.4 Å². The van der Waals surface area contributed by atoms with E-state index in [0.29, 0.717) is 0 Å². The Bertz CT molecular complexity index is 681. The molecule has 0 saturated carbocycles. The molecule has 0 heterocycles. The van der Waals surface area contributed by atoms with E-state index in [9.17, 15) is 0 Å². The van der Waals surface area contributed by atoms with Gasteiger partial charge in [-0.2, -0.15) is 0 Å². The zero-order valence-corrected chi connectivity index (χ0v) is 15.0. The van der Waals surface area contributed by atoms with Crippen LogP contribution in [0.1, 0.15) is 16.7 Å². The molecule has 0 aromatic heterocycles. The van der Waals surface area contributed by atoms with Crippen LogP contribution in [0.5, 0.6) is 0 Å². The molecule has 3 aromatic rings. The molecule has 111 valence electrons. The van der Waals surface area contributed by atoms with Crippen molar-refractivity contribution in [3.63, 3.8) is 0 Å². The Labute approximate surface area is 137 Å². The van der Waals surface area contributed by atoms with Gasteiger partial charge in [0.15, 0.2) is 0 Å². The first-order valence-electron chi connectivity index (χ1n) is 7.59. The third kappa shape index (κ3) is 2.88. The molecule has 0 bridgehead atoms. The Morgan fingerprint density at radius 2 is 0.727 bits per heavy atom. The number of benzene rings is 3. The fourth-order valence-electron chi connectivity index (χ4n) is 2.71. The SMILES string of the molecule is Cc1ccccc1[Se](c1ccccc1C)c1ccccc1C. The van der Waals surface area contributed by atoms with Gasteiger partial charge < -0.3 is 0 Å². The molecule has 0 unspecified atom stereocenters. The molecule has 0 spiro atoms. The summed E-state index contributed by atoms with van der Waals surface area (Å²) >= 11 is -1.25. The average molecular weight is 352 g/mol. The molecule has 3 rings (SSSR count). The molecule has 0 nitrogen and oxygen atoms in total. The molecule has 0 atom stereocenters. The van der Waals surface area contributed by atoms with Gasteiger partial charge in [0.25, 0.3) is 0 Å². The molecule has 0 saturated heterocycles. The van der Waals surface area contributed by atoms with E-state index in [2.05, 4.69) is 93.6 Å². The van der Waals surface area contributed by atoms with Gasteiger partial charge in [-0.05, 0) is 0 Å². The molecule has 0 amide bonds. The summed E-state index contributed by atoms with van der Waals surface area (Å²) in [7, 11) is 0. The van der Waals surface area contributed by atoms with Crippen molar-refractivity contribution < 1.29 is 0 Å². The quantitative estimate of drug-likeness (QED) is 0.636. The monoisotopic (exact) mass is 353 g/mol. The fraction of sp³-hybridized carbons (Fsp3) is 0.143. The van der Waals surface area contributed by atoms with Crippen LogP contribution in [0.4, 0.5) is 0 Å². The van der Waals surface area contributed by atoms with Crippen LogP contribution in [0, 0.1) is 20.8 Å². The summed E-state index contributed by atoms with van der Waals surface area (Å²) in [5, 5.41) is 0. The van der Waals surface area contributed by atoms with Crippen molar-refractivity contribution in [3.05, 3.63) is 89.5 Å². The Kier molecular flexibility index (Phi) is 4.47. The van der Waals surface area contributed by atoms with Crippen LogP contribution in [0.3, 0.4) is 0 Å². The second kappa shape index (κ2) is 6.52. The van der Waals surface area contributed by atoms with Gasteiger partial charge in [0, 0.05) is 0 Å². The van der Waals surface area contributed by atoms with E-state index in [1.165, 1.54) is 30.1 Å². The van der Waals surface area contributed by atoms with Crippen molar-refractivity contribution in [2.24, 2.45) is 0 Å². The molecular formula is C21H21Se.